The van der Waals surface area contributed by atoms with Crippen LogP contribution in [0.15, 0.2) is 122 Å². The molecule has 1 aromatic heterocycles. The van der Waals surface area contributed by atoms with E-state index in [1.165, 1.54) is 171 Å². The highest BCUT2D eigenvalue weighted by atomic mass is 16.1. The first kappa shape index (κ1) is 64.6. The van der Waals surface area contributed by atoms with Crippen molar-refractivity contribution in [2.75, 3.05) is 49.1 Å². The molecule has 1 amide bonds. The van der Waals surface area contributed by atoms with Crippen LogP contribution in [0.2, 0.25) is 0 Å². The molecule has 0 unspecified atom stereocenters. The first-order valence-corrected chi connectivity index (χ1v) is 31.9. The molecule has 11 rings (SSSR count). The van der Waals surface area contributed by atoms with Gasteiger partial charge in [-0.3, -0.25) is 14.7 Å². The Kier molecular flexibility index (Phi) is 22.0. The van der Waals surface area contributed by atoms with E-state index in [2.05, 4.69) is 238 Å². The summed E-state index contributed by atoms with van der Waals surface area (Å²) in [4.78, 5) is 23.6. The van der Waals surface area contributed by atoms with Gasteiger partial charge in [-0.15, -0.1) is 0 Å². The molecule has 0 radical (unpaired) electrons. The number of amides is 1. The number of nitrogens with zero attached hydrogens (tertiary/aromatic N) is 4. The van der Waals surface area contributed by atoms with Crippen LogP contribution in [0.25, 0.3) is 16.6 Å². The van der Waals surface area contributed by atoms with Crippen molar-refractivity contribution in [1.82, 2.24) is 20.5 Å². The molecule has 5 aliphatic rings. The van der Waals surface area contributed by atoms with Crippen LogP contribution in [0.4, 0.5) is 11.4 Å². The molecule has 6 aromatic rings. The number of aromatic nitrogens is 1. The lowest BCUT2D eigenvalue weighted by Gasteiger charge is -2.34. The number of carbonyl (C=O) groups excluding carboxylic acids is 1. The number of anilines is 2. The highest BCUT2D eigenvalue weighted by Gasteiger charge is 2.27. The summed E-state index contributed by atoms with van der Waals surface area (Å²) in [5, 5.41) is 7.40. The van der Waals surface area contributed by atoms with Gasteiger partial charge in [0, 0.05) is 85.6 Å². The van der Waals surface area contributed by atoms with Crippen molar-refractivity contribution >= 4 is 33.9 Å². The standard InChI is InChI=1S/C18H24N2.C17H27N.C16H25N.C13H17N.C12H15NO/c1-18(2,3)17-14-8-7-11-19-15(14)9-10-16(17)20-12-5-4-6-13-20;1-17(2,3)13-15-9-5-6-10-16(15)14-18-11-7-4-8-12-18;1-16(2,3)13-14-9-5-6-10-15(14)17-11-7-4-8-12-17;1-9-12-7-11(13(2,3)4)6-5-10(12)8-14-9;1-12(2,3)9-4-5-10-8(6-9)7-13-11(10)14/h7-11H,4-6,12-13H2,1-3H3;5-6,9-10H,4,7-8,11-14H2,1-3H3;5-6,9-10H,4,7-8,11-13H2,1-3H3;5-7,14H,1,8H2,2-4H3;4-6H,7H2,1-3H3,(H,13,14). The fourth-order valence-corrected chi connectivity index (χ4v) is 12.3. The van der Waals surface area contributed by atoms with E-state index in [1.807, 2.05) is 18.3 Å². The summed E-state index contributed by atoms with van der Waals surface area (Å²) in [6.45, 7) is 48.3. The van der Waals surface area contributed by atoms with E-state index in [-0.39, 0.29) is 22.2 Å². The zero-order valence-corrected chi connectivity index (χ0v) is 54.5. The third-order valence-corrected chi connectivity index (χ3v) is 16.7. The maximum Gasteiger partial charge on any atom is 0.251 e. The van der Waals surface area contributed by atoms with Crippen molar-refractivity contribution in [3.05, 3.63) is 178 Å². The van der Waals surface area contributed by atoms with Gasteiger partial charge in [0.15, 0.2) is 0 Å². The van der Waals surface area contributed by atoms with Gasteiger partial charge in [0.05, 0.1) is 5.52 Å². The number of para-hydroxylation sites is 1. The van der Waals surface area contributed by atoms with Crippen molar-refractivity contribution < 1.29 is 4.79 Å². The second-order valence-electron chi connectivity index (χ2n) is 29.8. The summed E-state index contributed by atoms with van der Waals surface area (Å²) in [5.41, 5.74) is 19.6. The number of rotatable bonds is 6. The van der Waals surface area contributed by atoms with Gasteiger partial charge in [-0.05, 0) is 185 Å². The van der Waals surface area contributed by atoms with Gasteiger partial charge in [0.2, 0.25) is 0 Å². The van der Waals surface area contributed by atoms with E-state index in [4.69, 9.17) is 0 Å². The molecule has 0 aliphatic carbocycles. The van der Waals surface area contributed by atoms with E-state index in [0.29, 0.717) is 17.4 Å². The molecule has 0 bridgehead atoms. The number of piperidine rings is 3. The van der Waals surface area contributed by atoms with Crippen LogP contribution in [-0.4, -0.2) is 55.1 Å². The van der Waals surface area contributed by atoms with Gasteiger partial charge in [0.1, 0.15) is 0 Å². The summed E-state index contributed by atoms with van der Waals surface area (Å²) in [6, 6.07) is 39.5. The minimum atomic E-state index is 0.0560. The number of benzene rings is 5. The lowest BCUT2D eigenvalue weighted by Crippen LogP contribution is -2.32. The Labute approximate surface area is 504 Å². The van der Waals surface area contributed by atoms with E-state index in [9.17, 15) is 4.79 Å². The second-order valence-corrected chi connectivity index (χ2v) is 29.8. The molecule has 5 aliphatic heterocycles. The molecule has 7 nitrogen and oxygen atoms in total. The quantitative estimate of drug-likeness (QED) is 0.173. The normalized spacial score (nSPS) is 16.6. The van der Waals surface area contributed by atoms with Gasteiger partial charge in [-0.25, -0.2) is 0 Å². The van der Waals surface area contributed by atoms with Crippen LogP contribution < -0.4 is 20.4 Å². The van der Waals surface area contributed by atoms with Gasteiger partial charge in [-0.1, -0.05) is 190 Å². The predicted octanol–water partition coefficient (Wildman–Crippen LogP) is 18.3. The molecule has 83 heavy (non-hydrogen) atoms. The van der Waals surface area contributed by atoms with Crippen LogP contribution in [0.1, 0.15) is 222 Å². The van der Waals surface area contributed by atoms with Crippen molar-refractivity contribution in [1.29, 1.82) is 0 Å². The van der Waals surface area contributed by atoms with E-state index < -0.39 is 0 Å². The summed E-state index contributed by atoms with van der Waals surface area (Å²) in [5.74, 6) is 0.0560. The Morgan fingerprint density at radius 2 is 0.988 bits per heavy atom. The van der Waals surface area contributed by atoms with Gasteiger partial charge in [0.25, 0.3) is 5.91 Å². The molecule has 7 heteroatoms. The van der Waals surface area contributed by atoms with Crippen LogP contribution in [0, 0.1) is 10.8 Å². The maximum atomic E-state index is 11.3. The molecular formula is C76H108N6O. The molecule has 0 saturated carbocycles. The molecule has 0 spiro atoms. The van der Waals surface area contributed by atoms with Crippen LogP contribution >= 0.6 is 0 Å². The van der Waals surface area contributed by atoms with Crippen molar-refractivity contribution in [3.8, 4) is 0 Å². The molecule has 2 N–H and O–H groups in total. The number of carbonyl (C=O) groups is 1. The summed E-state index contributed by atoms with van der Waals surface area (Å²) >= 11 is 0. The molecular weight excluding hydrogens is 1010 g/mol. The Hall–Kier alpha value is -5.92. The highest BCUT2D eigenvalue weighted by Crippen LogP contribution is 2.39. The molecule has 448 valence electrons. The second kappa shape index (κ2) is 28.3. The number of pyridine rings is 1. The summed E-state index contributed by atoms with van der Waals surface area (Å²) < 4.78 is 0. The van der Waals surface area contributed by atoms with E-state index in [1.54, 1.807) is 0 Å². The highest BCUT2D eigenvalue weighted by molar-refractivity contribution is 5.98. The smallest absolute Gasteiger partial charge is 0.251 e. The monoisotopic (exact) mass is 1120 g/mol. The third-order valence-electron chi connectivity index (χ3n) is 16.7. The summed E-state index contributed by atoms with van der Waals surface area (Å²) in [7, 11) is 0. The van der Waals surface area contributed by atoms with Crippen molar-refractivity contribution in [2.45, 2.75) is 210 Å². The van der Waals surface area contributed by atoms with Gasteiger partial charge >= 0.3 is 0 Å². The Balaban J connectivity index is 0.000000150. The van der Waals surface area contributed by atoms with Crippen LogP contribution in [0.3, 0.4) is 0 Å². The minimum absolute atomic E-state index is 0.0560. The Morgan fingerprint density at radius 3 is 1.58 bits per heavy atom. The fraction of sp³-hybridized carbons (Fsp3) is 0.526. The van der Waals surface area contributed by atoms with Gasteiger partial charge in [-0.2, -0.15) is 0 Å². The zero-order chi connectivity index (χ0) is 60.2. The molecule has 3 saturated heterocycles. The summed E-state index contributed by atoms with van der Waals surface area (Å²) in [6.07, 6.45) is 16.5. The molecule has 0 atom stereocenters. The lowest BCUT2D eigenvalue weighted by molar-refractivity contribution is 0.0965. The number of likely N-dealkylation sites (tertiary alicyclic amines) is 1. The maximum absolute atomic E-state index is 11.3. The third kappa shape index (κ3) is 19.0. The molecule has 3 fully saturated rings. The largest absolute Gasteiger partial charge is 0.381 e. The Bertz CT molecular complexity index is 3060. The first-order valence-electron chi connectivity index (χ1n) is 31.9. The topological polar surface area (TPSA) is 63.7 Å². The lowest BCUT2D eigenvalue weighted by atomic mass is 9.82. The molecule has 6 heterocycles. The van der Waals surface area contributed by atoms with Gasteiger partial charge < -0.3 is 20.4 Å². The predicted molar refractivity (Wildman–Crippen MR) is 358 cm³/mol. The fourth-order valence-electron chi connectivity index (χ4n) is 12.3. The van der Waals surface area contributed by atoms with E-state index >= 15 is 0 Å². The molecule has 5 aromatic carbocycles. The number of nitrogens with one attached hydrogen (secondary N) is 2. The Morgan fingerprint density at radius 1 is 0.470 bits per heavy atom. The zero-order valence-electron chi connectivity index (χ0n) is 54.5. The first-order chi connectivity index (χ1) is 39.1. The number of hydrogen-bond donors (Lipinski definition) is 2. The number of fused-ring (bicyclic) bond motifs is 3. The average molecular weight is 1120 g/mol. The van der Waals surface area contributed by atoms with Crippen molar-refractivity contribution in [3.63, 3.8) is 0 Å². The van der Waals surface area contributed by atoms with Crippen LogP contribution in [-0.2, 0) is 48.7 Å². The number of hydrogen-bond acceptors (Lipinski definition) is 6. The SMILES string of the molecule is C=C1NCc2ccc(C(C)(C)C)cc21.CC(C)(C)Cc1ccccc1CN1CCCCC1.CC(C)(C)Cc1ccccc1N1CCCCC1.CC(C)(C)c1c(N2CCCCC2)ccc2ncccc12.CC(C)(C)c1ccc2c(c1)CNC2=O. The average Bonchev–Trinajstić information content (AvgIpc) is 4.12. The minimum Gasteiger partial charge on any atom is -0.381 e. The van der Waals surface area contributed by atoms with Crippen LogP contribution in [0.5, 0.6) is 0 Å². The van der Waals surface area contributed by atoms with E-state index in [0.717, 1.165) is 35.4 Å². The van der Waals surface area contributed by atoms with Crippen molar-refractivity contribution in [2.24, 2.45) is 10.8 Å².